The minimum atomic E-state index is 0.691. The Hall–Kier alpha value is -1.10. The molecule has 5 heteroatoms. The summed E-state index contributed by atoms with van der Waals surface area (Å²) in [6.45, 7) is 2.78. The average Bonchev–Trinajstić information content (AvgIpc) is 2.87. The van der Waals surface area contributed by atoms with Crippen molar-refractivity contribution in [2.24, 2.45) is 0 Å². The van der Waals surface area contributed by atoms with Crippen molar-refractivity contribution in [1.29, 1.82) is 0 Å². The summed E-state index contributed by atoms with van der Waals surface area (Å²) in [5, 5.41) is 8.87. The predicted octanol–water partition coefficient (Wildman–Crippen LogP) is 4.54. The average molecular weight is 311 g/mol. The summed E-state index contributed by atoms with van der Waals surface area (Å²) in [5.74, 6) is 0. The molecule has 2 aromatic rings. The highest BCUT2D eigenvalue weighted by atomic mass is 35.5. The van der Waals surface area contributed by atoms with Crippen molar-refractivity contribution in [1.82, 2.24) is 4.90 Å². The number of hydrogen-bond donors (Lipinski definition) is 1. The third-order valence-corrected chi connectivity index (χ3v) is 4.41. The van der Waals surface area contributed by atoms with Crippen LogP contribution >= 0.6 is 35.2 Å². The van der Waals surface area contributed by atoms with Crippen LogP contribution in [0, 0.1) is 6.92 Å². The summed E-state index contributed by atoms with van der Waals surface area (Å²) in [7, 11) is 1.98. The molecule has 19 heavy (non-hydrogen) atoms. The normalized spacial score (nSPS) is 10.3. The Bertz CT molecular complexity index is 567. The number of thiocarbonyl (C=S) groups is 1. The summed E-state index contributed by atoms with van der Waals surface area (Å²) < 4.78 is 0. The van der Waals surface area contributed by atoms with Crippen molar-refractivity contribution in [2.75, 3.05) is 12.4 Å². The maximum absolute atomic E-state index is 6.10. The van der Waals surface area contributed by atoms with E-state index in [1.807, 2.05) is 37.1 Å². The lowest BCUT2D eigenvalue weighted by molar-refractivity contribution is 0.509. The lowest BCUT2D eigenvalue weighted by Gasteiger charge is -2.21. The quantitative estimate of drug-likeness (QED) is 0.838. The molecule has 0 saturated carbocycles. The SMILES string of the molecule is Cc1c(Cl)cccc1NC(=S)N(C)Cc1ccsc1. The first-order chi connectivity index (χ1) is 9.08. The van der Waals surface area contributed by atoms with E-state index in [2.05, 4.69) is 22.1 Å². The maximum Gasteiger partial charge on any atom is 0.173 e. The van der Waals surface area contributed by atoms with Crippen molar-refractivity contribution in [3.63, 3.8) is 0 Å². The first kappa shape index (κ1) is 14.3. The van der Waals surface area contributed by atoms with Gasteiger partial charge in [0.15, 0.2) is 5.11 Å². The molecule has 1 N–H and O–H groups in total. The summed E-state index contributed by atoms with van der Waals surface area (Å²) in [5.41, 5.74) is 3.23. The highest BCUT2D eigenvalue weighted by molar-refractivity contribution is 7.80. The largest absolute Gasteiger partial charge is 0.348 e. The molecule has 0 aliphatic heterocycles. The Labute approximate surface area is 128 Å². The van der Waals surface area contributed by atoms with Gasteiger partial charge in [-0.25, -0.2) is 0 Å². The van der Waals surface area contributed by atoms with Crippen molar-refractivity contribution in [2.45, 2.75) is 13.5 Å². The predicted molar refractivity (Wildman–Crippen MR) is 88.2 cm³/mol. The van der Waals surface area contributed by atoms with Gasteiger partial charge in [0.1, 0.15) is 0 Å². The van der Waals surface area contributed by atoms with E-state index in [-0.39, 0.29) is 0 Å². The van der Waals surface area contributed by atoms with Gasteiger partial charge in [0.25, 0.3) is 0 Å². The molecule has 0 atom stereocenters. The van der Waals surface area contributed by atoms with Crippen LogP contribution in [0.2, 0.25) is 5.02 Å². The van der Waals surface area contributed by atoms with Gasteiger partial charge in [0, 0.05) is 24.3 Å². The van der Waals surface area contributed by atoms with Gasteiger partial charge in [-0.2, -0.15) is 11.3 Å². The lowest BCUT2D eigenvalue weighted by atomic mass is 10.2. The molecular weight excluding hydrogens is 296 g/mol. The molecular formula is C14H15ClN2S2. The maximum atomic E-state index is 6.10. The van der Waals surface area contributed by atoms with Crippen LogP contribution < -0.4 is 5.32 Å². The van der Waals surface area contributed by atoms with Crippen LogP contribution in [0.5, 0.6) is 0 Å². The monoisotopic (exact) mass is 310 g/mol. The Balaban J connectivity index is 2.02. The molecule has 0 fully saturated rings. The molecule has 1 heterocycles. The number of benzene rings is 1. The van der Waals surface area contributed by atoms with Crippen LogP contribution in [-0.4, -0.2) is 17.1 Å². The number of anilines is 1. The number of thiophene rings is 1. The van der Waals surface area contributed by atoms with E-state index < -0.39 is 0 Å². The molecule has 0 aliphatic rings. The number of nitrogens with one attached hydrogen (secondary N) is 1. The van der Waals surface area contributed by atoms with Crippen molar-refractivity contribution in [3.05, 3.63) is 51.2 Å². The molecule has 0 amide bonds. The fraction of sp³-hybridized carbons (Fsp3) is 0.214. The molecule has 0 saturated heterocycles. The topological polar surface area (TPSA) is 15.3 Å². The first-order valence-electron chi connectivity index (χ1n) is 5.86. The molecule has 0 unspecified atom stereocenters. The molecule has 2 nitrogen and oxygen atoms in total. The zero-order valence-corrected chi connectivity index (χ0v) is 13.2. The first-order valence-corrected chi connectivity index (χ1v) is 7.59. The second kappa shape index (κ2) is 6.37. The lowest BCUT2D eigenvalue weighted by Crippen LogP contribution is -2.30. The zero-order valence-electron chi connectivity index (χ0n) is 10.8. The molecule has 0 bridgehead atoms. The minimum absolute atomic E-state index is 0.691. The Morgan fingerprint density at radius 3 is 2.89 bits per heavy atom. The molecule has 1 aromatic heterocycles. The molecule has 0 spiro atoms. The van der Waals surface area contributed by atoms with Gasteiger partial charge in [-0.1, -0.05) is 17.7 Å². The van der Waals surface area contributed by atoms with Crippen LogP contribution in [0.25, 0.3) is 0 Å². The standard InChI is InChI=1S/C14H15ClN2S2/c1-10-12(15)4-3-5-13(10)16-14(18)17(2)8-11-6-7-19-9-11/h3-7,9H,8H2,1-2H3,(H,16,18). The van der Waals surface area contributed by atoms with Crippen molar-refractivity contribution in [3.8, 4) is 0 Å². The summed E-state index contributed by atoms with van der Waals surface area (Å²) >= 11 is 13.2. The smallest absolute Gasteiger partial charge is 0.173 e. The van der Waals surface area contributed by atoms with E-state index in [9.17, 15) is 0 Å². The van der Waals surface area contributed by atoms with Crippen LogP contribution in [0.4, 0.5) is 5.69 Å². The Morgan fingerprint density at radius 2 is 2.21 bits per heavy atom. The minimum Gasteiger partial charge on any atom is -0.348 e. The van der Waals surface area contributed by atoms with Crippen LogP contribution in [0.1, 0.15) is 11.1 Å². The Kier molecular flexibility index (Phi) is 4.80. The Morgan fingerprint density at radius 1 is 1.42 bits per heavy atom. The van der Waals surface area contributed by atoms with Gasteiger partial charge >= 0.3 is 0 Å². The molecule has 100 valence electrons. The van der Waals surface area contributed by atoms with E-state index in [0.29, 0.717) is 5.11 Å². The van der Waals surface area contributed by atoms with Crippen molar-refractivity contribution >= 4 is 46.0 Å². The van der Waals surface area contributed by atoms with Gasteiger partial charge in [0.05, 0.1) is 0 Å². The van der Waals surface area contributed by atoms with Crippen LogP contribution in [0.15, 0.2) is 35.0 Å². The second-order valence-corrected chi connectivity index (χ2v) is 5.90. The third-order valence-electron chi connectivity index (χ3n) is 2.86. The van der Waals surface area contributed by atoms with E-state index in [4.69, 9.17) is 23.8 Å². The summed E-state index contributed by atoms with van der Waals surface area (Å²) in [6, 6.07) is 7.87. The highest BCUT2D eigenvalue weighted by Gasteiger charge is 2.08. The molecule has 2 rings (SSSR count). The molecule has 1 aromatic carbocycles. The zero-order chi connectivity index (χ0) is 13.8. The summed E-state index contributed by atoms with van der Waals surface area (Å²) in [4.78, 5) is 2.01. The second-order valence-electron chi connectivity index (χ2n) is 4.33. The third kappa shape index (κ3) is 3.69. The number of hydrogen-bond acceptors (Lipinski definition) is 2. The fourth-order valence-electron chi connectivity index (χ4n) is 1.68. The van der Waals surface area contributed by atoms with E-state index in [1.165, 1.54) is 5.56 Å². The van der Waals surface area contributed by atoms with Gasteiger partial charge in [0.2, 0.25) is 0 Å². The fourth-order valence-corrected chi connectivity index (χ4v) is 2.69. The van der Waals surface area contributed by atoms with Gasteiger partial charge in [-0.15, -0.1) is 0 Å². The number of rotatable bonds is 3. The van der Waals surface area contributed by atoms with Crippen molar-refractivity contribution < 1.29 is 0 Å². The van der Waals surface area contributed by atoms with Gasteiger partial charge in [-0.3, -0.25) is 0 Å². The summed E-state index contributed by atoms with van der Waals surface area (Å²) in [6.07, 6.45) is 0. The molecule has 0 aliphatic carbocycles. The van der Waals surface area contributed by atoms with Crippen LogP contribution in [0.3, 0.4) is 0 Å². The van der Waals surface area contributed by atoms with E-state index >= 15 is 0 Å². The number of halogens is 1. The van der Waals surface area contributed by atoms with E-state index in [0.717, 1.165) is 22.8 Å². The number of nitrogens with zero attached hydrogens (tertiary/aromatic N) is 1. The van der Waals surface area contributed by atoms with E-state index in [1.54, 1.807) is 11.3 Å². The van der Waals surface area contributed by atoms with Gasteiger partial charge in [-0.05, 0) is 59.2 Å². The van der Waals surface area contributed by atoms with Crippen LogP contribution in [-0.2, 0) is 6.54 Å². The highest BCUT2D eigenvalue weighted by Crippen LogP contribution is 2.23. The van der Waals surface area contributed by atoms with Gasteiger partial charge < -0.3 is 10.2 Å². The molecule has 0 radical (unpaired) electrons.